The fourth-order valence-electron chi connectivity index (χ4n) is 2.39. The molecule has 0 aromatic carbocycles. The first kappa shape index (κ1) is 14.5. The molecular formula is C13H15F3N2O2S. The Morgan fingerprint density at radius 1 is 1.43 bits per heavy atom. The number of thiophene rings is 1. The van der Waals surface area contributed by atoms with E-state index in [4.69, 9.17) is 5.73 Å². The lowest BCUT2D eigenvalue weighted by molar-refractivity contribution is -0.151. The van der Waals surface area contributed by atoms with Crippen molar-refractivity contribution in [1.29, 1.82) is 0 Å². The summed E-state index contributed by atoms with van der Waals surface area (Å²) in [6, 6.07) is 0. The van der Waals surface area contributed by atoms with Crippen LogP contribution in [0.3, 0.4) is 0 Å². The van der Waals surface area contributed by atoms with E-state index < -0.39 is 17.7 Å². The Balaban J connectivity index is 1.97. The highest BCUT2D eigenvalue weighted by Gasteiger charge is 2.64. The van der Waals surface area contributed by atoms with Crippen LogP contribution in [0, 0.1) is 0 Å². The average Bonchev–Trinajstić information content (AvgIpc) is 3.29. The minimum Gasteiger partial charge on any atom is -0.465 e. The van der Waals surface area contributed by atoms with E-state index in [0.717, 1.165) is 24.2 Å². The topological polar surface area (TPSA) is 64.3 Å². The lowest BCUT2D eigenvalue weighted by atomic mass is 10.1. The van der Waals surface area contributed by atoms with Crippen LogP contribution in [0.5, 0.6) is 0 Å². The molecular weight excluding hydrogens is 305 g/mol. The van der Waals surface area contributed by atoms with Crippen molar-refractivity contribution in [3.63, 3.8) is 0 Å². The molecule has 3 rings (SSSR count). The third-order valence-electron chi connectivity index (χ3n) is 3.99. The van der Waals surface area contributed by atoms with E-state index in [1.807, 2.05) is 0 Å². The number of alkyl halides is 3. The zero-order valence-electron chi connectivity index (χ0n) is 11.3. The van der Waals surface area contributed by atoms with Gasteiger partial charge in [-0.25, -0.2) is 4.79 Å². The first-order valence-corrected chi connectivity index (χ1v) is 7.46. The van der Waals surface area contributed by atoms with Crippen LogP contribution >= 0.6 is 11.3 Å². The molecule has 1 aromatic heterocycles. The van der Waals surface area contributed by atoms with Crippen LogP contribution in [0.2, 0.25) is 0 Å². The van der Waals surface area contributed by atoms with Crippen molar-refractivity contribution >= 4 is 28.0 Å². The predicted octanol–water partition coefficient (Wildman–Crippen LogP) is 3.50. The molecule has 0 radical (unpaired) electrons. The second-order valence-electron chi connectivity index (χ2n) is 5.56. The maximum absolute atomic E-state index is 13.1. The van der Waals surface area contributed by atoms with Crippen LogP contribution in [-0.4, -0.2) is 24.8 Å². The number of halogens is 3. The monoisotopic (exact) mass is 320 g/mol. The van der Waals surface area contributed by atoms with Crippen LogP contribution in [0.4, 0.5) is 23.9 Å². The average molecular weight is 320 g/mol. The molecule has 0 bridgehead atoms. The van der Waals surface area contributed by atoms with E-state index in [0.29, 0.717) is 10.6 Å². The van der Waals surface area contributed by atoms with Crippen molar-refractivity contribution in [2.45, 2.75) is 43.3 Å². The number of carbonyl (C=O) groups excluding carboxylic acids is 1. The van der Waals surface area contributed by atoms with Gasteiger partial charge >= 0.3 is 12.1 Å². The van der Waals surface area contributed by atoms with Crippen molar-refractivity contribution in [3.05, 3.63) is 10.4 Å². The van der Waals surface area contributed by atoms with Crippen LogP contribution < -0.4 is 11.1 Å². The molecule has 8 heteroatoms. The second kappa shape index (κ2) is 4.53. The molecule has 0 atom stereocenters. The summed E-state index contributed by atoms with van der Waals surface area (Å²) < 4.78 is 43.9. The van der Waals surface area contributed by atoms with Gasteiger partial charge in [0.1, 0.15) is 10.4 Å². The molecule has 1 heterocycles. The summed E-state index contributed by atoms with van der Waals surface area (Å²) in [5.41, 5.74) is 5.01. The number of hydrogen-bond acceptors (Lipinski definition) is 5. The van der Waals surface area contributed by atoms with Gasteiger partial charge in [0.25, 0.3) is 0 Å². The Morgan fingerprint density at radius 3 is 2.48 bits per heavy atom. The van der Waals surface area contributed by atoms with Gasteiger partial charge in [0, 0.05) is 5.56 Å². The number of ether oxygens (including phenoxy) is 1. The molecule has 0 spiro atoms. The summed E-state index contributed by atoms with van der Waals surface area (Å²) in [5.74, 6) is -0.463. The number of carbonyl (C=O) groups is 1. The normalized spacial score (nSPS) is 20.2. The van der Waals surface area contributed by atoms with Gasteiger partial charge in [-0.1, -0.05) is 0 Å². The molecule has 3 N–H and O–H groups in total. The quantitative estimate of drug-likeness (QED) is 0.834. The zero-order chi connectivity index (χ0) is 15.4. The third-order valence-corrected chi connectivity index (χ3v) is 5.10. The lowest BCUT2D eigenvalue weighted by Gasteiger charge is -2.21. The molecule has 0 amide bonds. The van der Waals surface area contributed by atoms with Crippen molar-refractivity contribution in [2.24, 2.45) is 0 Å². The highest BCUT2D eigenvalue weighted by atomic mass is 32.1. The molecule has 2 fully saturated rings. The number of rotatable bonds is 4. The number of methoxy groups -OCH3 is 1. The van der Waals surface area contributed by atoms with Crippen LogP contribution in [0.15, 0.2) is 0 Å². The molecule has 2 aliphatic carbocycles. The maximum atomic E-state index is 13.1. The third kappa shape index (κ3) is 2.35. The molecule has 0 unspecified atom stereocenters. The predicted molar refractivity (Wildman–Crippen MR) is 73.7 cm³/mol. The Labute approximate surface area is 123 Å². The van der Waals surface area contributed by atoms with Gasteiger partial charge in [-0.15, -0.1) is 11.3 Å². The Hall–Kier alpha value is -1.44. The summed E-state index contributed by atoms with van der Waals surface area (Å²) >= 11 is 0.959. The van der Waals surface area contributed by atoms with E-state index in [1.54, 1.807) is 0 Å². The van der Waals surface area contributed by atoms with E-state index in [1.165, 1.54) is 7.11 Å². The van der Waals surface area contributed by atoms with Crippen molar-refractivity contribution in [3.8, 4) is 0 Å². The Bertz CT molecular complexity index is 589. The minimum absolute atomic E-state index is 0.0476. The van der Waals surface area contributed by atoms with E-state index in [9.17, 15) is 18.0 Å². The van der Waals surface area contributed by atoms with E-state index in [2.05, 4.69) is 10.1 Å². The summed E-state index contributed by atoms with van der Waals surface area (Å²) in [4.78, 5) is 11.9. The number of nitrogen functional groups attached to an aromatic ring is 1. The number of nitrogens with one attached hydrogen (secondary N) is 1. The van der Waals surface area contributed by atoms with E-state index in [-0.39, 0.29) is 29.3 Å². The van der Waals surface area contributed by atoms with Gasteiger partial charge in [-0.3, -0.25) is 0 Å². The van der Waals surface area contributed by atoms with Gasteiger partial charge < -0.3 is 15.8 Å². The lowest BCUT2D eigenvalue weighted by Crippen LogP contribution is -2.38. The van der Waals surface area contributed by atoms with Crippen molar-refractivity contribution in [2.75, 3.05) is 18.2 Å². The van der Waals surface area contributed by atoms with Gasteiger partial charge in [-0.2, -0.15) is 13.2 Å². The standard InChI is InChI=1S/C13H15F3N2O2S/c1-20-11(19)9-8(17)7(6-2-3-6)10(21-9)18-12(4-5-12)13(14,15)16/h6,18H,2-5,17H2,1H3. The Morgan fingerprint density at radius 2 is 2.05 bits per heavy atom. The number of hydrogen-bond donors (Lipinski definition) is 2. The number of esters is 1. The SMILES string of the molecule is COC(=O)c1sc(NC2(C(F)(F)F)CC2)c(C2CC2)c1N. The summed E-state index contributed by atoms with van der Waals surface area (Å²) in [7, 11) is 1.23. The highest BCUT2D eigenvalue weighted by Crippen LogP contribution is 2.56. The van der Waals surface area contributed by atoms with Crippen molar-refractivity contribution < 1.29 is 22.7 Å². The van der Waals surface area contributed by atoms with Crippen LogP contribution in [0.25, 0.3) is 0 Å². The molecule has 116 valence electrons. The summed E-state index contributed by atoms with van der Waals surface area (Å²) in [5, 5.41) is 2.97. The van der Waals surface area contributed by atoms with Gasteiger partial charge in [0.05, 0.1) is 17.8 Å². The molecule has 2 saturated carbocycles. The fraction of sp³-hybridized carbons (Fsp3) is 0.615. The first-order valence-electron chi connectivity index (χ1n) is 6.64. The van der Waals surface area contributed by atoms with Crippen LogP contribution in [0.1, 0.15) is 46.8 Å². The molecule has 0 aliphatic heterocycles. The molecule has 1 aromatic rings. The van der Waals surface area contributed by atoms with Gasteiger partial charge in [-0.05, 0) is 31.6 Å². The molecule has 0 saturated heterocycles. The van der Waals surface area contributed by atoms with Gasteiger partial charge in [0.2, 0.25) is 0 Å². The number of nitrogens with two attached hydrogens (primary N) is 1. The fourth-order valence-corrected chi connectivity index (χ4v) is 3.62. The zero-order valence-corrected chi connectivity index (χ0v) is 12.2. The van der Waals surface area contributed by atoms with Crippen LogP contribution in [-0.2, 0) is 4.74 Å². The molecule has 2 aliphatic rings. The molecule has 4 nitrogen and oxygen atoms in total. The van der Waals surface area contributed by atoms with E-state index >= 15 is 0 Å². The molecule has 21 heavy (non-hydrogen) atoms. The largest absolute Gasteiger partial charge is 0.465 e. The summed E-state index contributed by atoms with van der Waals surface area (Å²) in [6.45, 7) is 0. The van der Waals surface area contributed by atoms with Crippen molar-refractivity contribution in [1.82, 2.24) is 0 Å². The number of anilines is 2. The minimum atomic E-state index is -4.31. The second-order valence-corrected chi connectivity index (χ2v) is 6.58. The highest BCUT2D eigenvalue weighted by molar-refractivity contribution is 7.18. The first-order chi connectivity index (χ1) is 9.79. The summed E-state index contributed by atoms with van der Waals surface area (Å²) in [6.07, 6.45) is -2.44. The smallest absolute Gasteiger partial charge is 0.411 e. The van der Waals surface area contributed by atoms with Gasteiger partial charge in [0.15, 0.2) is 0 Å². The maximum Gasteiger partial charge on any atom is 0.411 e. The Kier molecular flexibility index (Phi) is 3.12.